The molecule has 1 atom stereocenters. The Morgan fingerprint density at radius 1 is 1.35 bits per heavy atom. The van der Waals surface area contributed by atoms with Gasteiger partial charge in [-0.25, -0.2) is 14.4 Å². The highest BCUT2D eigenvalue weighted by molar-refractivity contribution is 5.86. The lowest BCUT2D eigenvalue weighted by Crippen LogP contribution is -2.37. The van der Waals surface area contributed by atoms with Gasteiger partial charge in [0, 0.05) is 19.3 Å². The summed E-state index contributed by atoms with van der Waals surface area (Å²) in [7, 11) is 0. The number of aromatic carboxylic acids is 1. The molecule has 9 heteroatoms. The standard InChI is InChI=1S/C14H21N3O6/c1-8(2)6-9(3)23-14(22)15-4-5-17-7-10(12(19)20)11(18)16-13(17)21/h7-9H,4-6H2,1-3H3,(H,15,22)(H,19,20)(H,16,18,21). The number of carboxylic acid groups (broad SMARTS) is 1. The van der Waals surface area contributed by atoms with Crippen LogP contribution in [0.5, 0.6) is 0 Å². The number of aromatic nitrogens is 2. The topological polar surface area (TPSA) is 130 Å². The molecule has 0 bridgehead atoms. The van der Waals surface area contributed by atoms with E-state index in [1.807, 2.05) is 18.8 Å². The summed E-state index contributed by atoms with van der Waals surface area (Å²) in [5.74, 6) is -1.04. The number of aromatic amines is 1. The number of nitrogens with zero attached hydrogens (tertiary/aromatic N) is 1. The van der Waals surface area contributed by atoms with Gasteiger partial charge in [0.25, 0.3) is 5.56 Å². The zero-order valence-electron chi connectivity index (χ0n) is 13.3. The molecule has 1 aromatic rings. The van der Waals surface area contributed by atoms with Gasteiger partial charge in [0.1, 0.15) is 11.7 Å². The Hall–Kier alpha value is -2.58. The van der Waals surface area contributed by atoms with Gasteiger partial charge in [-0.3, -0.25) is 14.3 Å². The van der Waals surface area contributed by atoms with Crippen LogP contribution in [0.2, 0.25) is 0 Å². The number of carbonyl (C=O) groups excluding carboxylic acids is 1. The summed E-state index contributed by atoms with van der Waals surface area (Å²) in [4.78, 5) is 47.2. The molecule has 9 nitrogen and oxygen atoms in total. The van der Waals surface area contributed by atoms with Crippen LogP contribution in [-0.4, -0.2) is 39.4 Å². The van der Waals surface area contributed by atoms with Crippen molar-refractivity contribution in [3.05, 3.63) is 32.6 Å². The van der Waals surface area contributed by atoms with Gasteiger partial charge in [-0.15, -0.1) is 0 Å². The molecule has 3 N–H and O–H groups in total. The van der Waals surface area contributed by atoms with E-state index in [9.17, 15) is 19.2 Å². The van der Waals surface area contributed by atoms with Crippen LogP contribution in [0.15, 0.2) is 15.8 Å². The number of alkyl carbamates (subject to hydrolysis) is 1. The van der Waals surface area contributed by atoms with Gasteiger partial charge < -0.3 is 15.2 Å². The molecule has 0 aromatic carbocycles. The van der Waals surface area contributed by atoms with Gasteiger partial charge in [0.15, 0.2) is 0 Å². The molecule has 0 saturated carbocycles. The molecule has 0 saturated heterocycles. The highest BCUT2D eigenvalue weighted by Gasteiger charge is 2.13. The first kappa shape index (κ1) is 18.5. The van der Waals surface area contributed by atoms with Gasteiger partial charge >= 0.3 is 17.8 Å². The lowest BCUT2D eigenvalue weighted by molar-refractivity contribution is 0.0693. The van der Waals surface area contributed by atoms with E-state index in [2.05, 4.69) is 5.32 Å². The van der Waals surface area contributed by atoms with Gasteiger partial charge in [0.05, 0.1) is 0 Å². The van der Waals surface area contributed by atoms with E-state index in [-0.39, 0.29) is 19.2 Å². The molecule has 0 aliphatic rings. The SMILES string of the molecule is CC(C)CC(C)OC(=O)NCCn1cc(C(=O)O)c(=O)[nH]c1=O. The highest BCUT2D eigenvalue weighted by Crippen LogP contribution is 2.07. The smallest absolute Gasteiger partial charge is 0.407 e. The van der Waals surface area contributed by atoms with Crippen LogP contribution in [0.1, 0.15) is 37.6 Å². The summed E-state index contributed by atoms with van der Waals surface area (Å²) in [6, 6.07) is 0. The summed E-state index contributed by atoms with van der Waals surface area (Å²) in [5.41, 5.74) is -2.25. The van der Waals surface area contributed by atoms with Gasteiger partial charge in [0.2, 0.25) is 0 Å². The maximum absolute atomic E-state index is 11.6. The largest absolute Gasteiger partial charge is 0.477 e. The van der Waals surface area contributed by atoms with Crippen molar-refractivity contribution in [3.63, 3.8) is 0 Å². The van der Waals surface area contributed by atoms with Crippen molar-refractivity contribution in [2.75, 3.05) is 6.54 Å². The molecule has 1 aromatic heterocycles. The number of rotatable bonds is 7. The lowest BCUT2D eigenvalue weighted by Gasteiger charge is -2.15. The quantitative estimate of drug-likeness (QED) is 0.664. The highest BCUT2D eigenvalue weighted by atomic mass is 16.6. The molecule has 1 amide bonds. The van der Waals surface area contributed by atoms with Crippen molar-refractivity contribution in [1.82, 2.24) is 14.9 Å². The van der Waals surface area contributed by atoms with Crippen LogP contribution in [0, 0.1) is 5.92 Å². The predicted octanol–water partition coefficient (Wildman–Crippen LogP) is 0.396. The fourth-order valence-corrected chi connectivity index (χ4v) is 2.04. The molecule has 0 aliphatic carbocycles. The minimum atomic E-state index is -1.44. The molecule has 0 radical (unpaired) electrons. The van der Waals surface area contributed by atoms with E-state index in [1.54, 1.807) is 6.92 Å². The van der Waals surface area contributed by atoms with Crippen LogP contribution in [0.3, 0.4) is 0 Å². The third-order valence-electron chi connectivity index (χ3n) is 2.97. The number of carboxylic acids is 1. The normalized spacial score (nSPS) is 12.0. The van der Waals surface area contributed by atoms with Crippen LogP contribution in [0.25, 0.3) is 0 Å². The van der Waals surface area contributed by atoms with Crippen molar-refractivity contribution in [2.24, 2.45) is 5.92 Å². The molecular formula is C14H21N3O6. The molecule has 1 unspecified atom stereocenters. The Morgan fingerprint density at radius 3 is 2.57 bits per heavy atom. The molecule has 0 aliphatic heterocycles. The second-order valence-electron chi connectivity index (χ2n) is 5.57. The first-order valence-electron chi connectivity index (χ1n) is 7.22. The summed E-state index contributed by atoms with van der Waals surface area (Å²) in [5, 5.41) is 11.3. The maximum Gasteiger partial charge on any atom is 0.407 e. The summed E-state index contributed by atoms with van der Waals surface area (Å²) < 4.78 is 6.12. The summed E-state index contributed by atoms with van der Waals surface area (Å²) >= 11 is 0. The second-order valence-corrected chi connectivity index (χ2v) is 5.57. The Kier molecular flexibility index (Phi) is 6.55. The Morgan fingerprint density at radius 2 is 2.00 bits per heavy atom. The predicted molar refractivity (Wildman–Crippen MR) is 81.7 cm³/mol. The Labute approximate surface area is 132 Å². The van der Waals surface area contributed by atoms with Crippen molar-refractivity contribution in [1.29, 1.82) is 0 Å². The Balaban J connectivity index is 2.58. The molecule has 0 fully saturated rings. The number of ether oxygens (including phenoxy) is 1. The van der Waals surface area contributed by atoms with Crippen molar-refractivity contribution >= 4 is 12.1 Å². The van der Waals surface area contributed by atoms with Crippen molar-refractivity contribution in [2.45, 2.75) is 39.8 Å². The fraction of sp³-hybridized carbons (Fsp3) is 0.571. The van der Waals surface area contributed by atoms with Gasteiger partial charge in [-0.2, -0.15) is 0 Å². The zero-order valence-corrected chi connectivity index (χ0v) is 13.3. The lowest BCUT2D eigenvalue weighted by atomic mass is 10.1. The van der Waals surface area contributed by atoms with E-state index >= 15 is 0 Å². The van der Waals surface area contributed by atoms with E-state index in [0.29, 0.717) is 5.92 Å². The van der Waals surface area contributed by atoms with Crippen LogP contribution >= 0.6 is 0 Å². The monoisotopic (exact) mass is 327 g/mol. The van der Waals surface area contributed by atoms with E-state index in [4.69, 9.17) is 9.84 Å². The number of H-pyrrole nitrogens is 1. The number of carbonyl (C=O) groups is 2. The molecule has 128 valence electrons. The fourth-order valence-electron chi connectivity index (χ4n) is 2.04. The van der Waals surface area contributed by atoms with E-state index < -0.39 is 28.9 Å². The van der Waals surface area contributed by atoms with E-state index in [0.717, 1.165) is 17.2 Å². The van der Waals surface area contributed by atoms with Crippen LogP contribution in [0.4, 0.5) is 4.79 Å². The summed E-state index contributed by atoms with van der Waals surface area (Å²) in [6.07, 6.45) is 0.825. The number of hydrogen-bond acceptors (Lipinski definition) is 5. The molecule has 0 spiro atoms. The number of hydrogen-bond donors (Lipinski definition) is 3. The molecule has 1 heterocycles. The minimum absolute atomic E-state index is 0.00353. The van der Waals surface area contributed by atoms with Crippen molar-refractivity contribution in [3.8, 4) is 0 Å². The molecular weight excluding hydrogens is 306 g/mol. The van der Waals surface area contributed by atoms with E-state index in [1.165, 1.54) is 0 Å². The third kappa shape index (κ3) is 5.97. The van der Waals surface area contributed by atoms with Crippen LogP contribution in [-0.2, 0) is 11.3 Å². The van der Waals surface area contributed by atoms with Gasteiger partial charge in [-0.05, 0) is 19.3 Å². The molecule has 23 heavy (non-hydrogen) atoms. The number of amides is 1. The first-order chi connectivity index (χ1) is 10.7. The van der Waals surface area contributed by atoms with Crippen molar-refractivity contribution < 1.29 is 19.4 Å². The zero-order chi connectivity index (χ0) is 17.6. The van der Waals surface area contributed by atoms with Gasteiger partial charge in [-0.1, -0.05) is 13.8 Å². The molecule has 1 rings (SSSR count). The maximum atomic E-state index is 11.6. The van der Waals surface area contributed by atoms with Crippen LogP contribution < -0.4 is 16.6 Å². The second kappa shape index (κ2) is 8.16. The summed E-state index contributed by atoms with van der Waals surface area (Å²) in [6.45, 7) is 5.87. The number of nitrogens with one attached hydrogen (secondary N) is 2. The first-order valence-corrected chi connectivity index (χ1v) is 7.22. The third-order valence-corrected chi connectivity index (χ3v) is 2.97. The minimum Gasteiger partial charge on any atom is -0.477 e. The Bertz CT molecular complexity index is 676. The average molecular weight is 327 g/mol. The average Bonchev–Trinajstić information content (AvgIpc) is 2.39.